The highest BCUT2D eigenvalue weighted by Crippen LogP contribution is 2.30. The second-order valence-electron chi connectivity index (χ2n) is 4.68. The summed E-state index contributed by atoms with van der Waals surface area (Å²) in [6.07, 6.45) is 5.29. The SMILES string of the molecule is C=C1CC=Cc2cc(-c3cccc(C)n3)ccc21. The predicted octanol–water partition coefficient (Wildman–Crippen LogP) is 4.49. The number of aromatic nitrogens is 1. The van der Waals surface area contributed by atoms with Crippen LogP contribution in [0.5, 0.6) is 0 Å². The highest BCUT2D eigenvalue weighted by Gasteiger charge is 2.09. The molecule has 1 aromatic heterocycles. The van der Waals surface area contributed by atoms with Gasteiger partial charge in [0.25, 0.3) is 0 Å². The maximum atomic E-state index is 4.56. The fraction of sp³-hybridized carbons (Fsp3) is 0.118. The minimum Gasteiger partial charge on any atom is -0.253 e. The minimum absolute atomic E-state index is 0.953. The predicted molar refractivity (Wildman–Crippen MR) is 77.1 cm³/mol. The fourth-order valence-electron chi connectivity index (χ4n) is 2.32. The number of pyridine rings is 1. The lowest BCUT2D eigenvalue weighted by Crippen LogP contribution is -1.94. The smallest absolute Gasteiger partial charge is 0.0705 e. The van der Waals surface area contributed by atoms with Crippen molar-refractivity contribution in [1.29, 1.82) is 0 Å². The molecule has 2 aromatic rings. The first kappa shape index (κ1) is 11.0. The van der Waals surface area contributed by atoms with E-state index in [4.69, 9.17) is 0 Å². The molecule has 0 saturated heterocycles. The Morgan fingerprint density at radius 2 is 2.06 bits per heavy atom. The van der Waals surface area contributed by atoms with Crippen LogP contribution in [0, 0.1) is 6.92 Å². The summed E-state index contributed by atoms with van der Waals surface area (Å²) in [7, 11) is 0. The van der Waals surface area contributed by atoms with Crippen molar-refractivity contribution in [2.24, 2.45) is 0 Å². The molecule has 1 aromatic carbocycles. The van der Waals surface area contributed by atoms with Crippen LogP contribution < -0.4 is 0 Å². The van der Waals surface area contributed by atoms with Crippen molar-refractivity contribution >= 4 is 11.6 Å². The number of hydrogen-bond acceptors (Lipinski definition) is 1. The van der Waals surface area contributed by atoms with E-state index >= 15 is 0 Å². The van der Waals surface area contributed by atoms with E-state index in [0.29, 0.717) is 0 Å². The molecule has 1 aliphatic rings. The van der Waals surface area contributed by atoms with Gasteiger partial charge in [-0.1, -0.05) is 36.9 Å². The van der Waals surface area contributed by atoms with Crippen LogP contribution in [-0.2, 0) is 0 Å². The third-order valence-electron chi connectivity index (χ3n) is 3.28. The van der Waals surface area contributed by atoms with Gasteiger partial charge in [-0.05, 0) is 48.2 Å². The zero-order valence-electron chi connectivity index (χ0n) is 10.5. The van der Waals surface area contributed by atoms with Crippen molar-refractivity contribution in [3.63, 3.8) is 0 Å². The molecule has 0 fully saturated rings. The van der Waals surface area contributed by atoms with Crippen LogP contribution in [-0.4, -0.2) is 4.98 Å². The molecule has 18 heavy (non-hydrogen) atoms. The molecule has 1 aliphatic carbocycles. The Balaban J connectivity index is 2.11. The molecule has 1 heteroatoms. The second kappa shape index (κ2) is 4.26. The molecule has 0 unspecified atom stereocenters. The van der Waals surface area contributed by atoms with Crippen LogP contribution in [0.2, 0.25) is 0 Å². The number of allylic oxidation sites excluding steroid dienone is 2. The summed E-state index contributed by atoms with van der Waals surface area (Å²) in [5.41, 5.74) is 6.93. The number of aryl methyl sites for hydroxylation is 1. The Hall–Kier alpha value is -2.15. The Bertz CT molecular complexity index is 650. The zero-order valence-corrected chi connectivity index (χ0v) is 10.5. The summed E-state index contributed by atoms with van der Waals surface area (Å²) < 4.78 is 0. The molecule has 1 nitrogen and oxygen atoms in total. The maximum Gasteiger partial charge on any atom is 0.0705 e. The molecular weight excluding hydrogens is 218 g/mol. The van der Waals surface area contributed by atoms with Gasteiger partial charge in [-0.25, -0.2) is 0 Å². The van der Waals surface area contributed by atoms with Gasteiger partial charge in [0, 0.05) is 11.3 Å². The Morgan fingerprint density at radius 3 is 2.89 bits per heavy atom. The summed E-state index contributed by atoms with van der Waals surface area (Å²) in [6, 6.07) is 12.6. The maximum absolute atomic E-state index is 4.56. The van der Waals surface area contributed by atoms with Crippen molar-refractivity contribution in [3.8, 4) is 11.3 Å². The zero-order chi connectivity index (χ0) is 12.5. The van der Waals surface area contributed by atoms with E-state index in [0.717, 1.165) is 23.4 Å². The van der Waals surface area contributed by atoms with Gasteiger partial charge in [-0.15, -0.1) is 0 Å². The van der Waals surface area contributed by atoms with Gasteiger partial charge >= 0.3 is 0 Å². The standard InChI is InChI=1S/C17H15N/c1-12-5-3-7-14-11-15(9-10-16(12)14)17-8-4-6-13(2)18-17/h3-4,6-11H,1,5H2,2H3. The molecule has 0 atom stereocenters. The van der Waals surface area contributed by atoms with Gasteiger partial charge in [-0.3, -0.25) is 4.98 Å². The topological polar surface area (TPSA) is 12.9 Å². The number of fused-ring (bicyclic) bond motifs is 1. The van der Waals surface area contributed by atoms with Crippen molar-refractivity contribution < 1.29 is 0 Å². The molecule has 0 N–H and O–H groups in total. The fourth-order valence-corrected chi connectivity index (χ4v) is 2.32. The molecule has 0 bridgehead atoms. The van der Waals surface area contributed by atoms with E-state index in [2.05, 4.69) is 48.0 Å². The van der Waals surface area contributed by atoms with Crippen LogP contribution in [0.4, 0.5) is 0 Å². The number of nitrogens with zero attached hydrogens (tertiary/aromatic N) is 1. The van der Waals surface area contributed by atoms with Crippen LogP contribution in [0.25, 0.3) is 22.9 Å². The first-order chi connectivity index (χ1) is 8.74. The molecule has 0 spiro atoms. The molecule has 88 valence electrons. The lowest BCUT2D eigenvalue weighted by molar-refractivity contribution is 1.20. The minimum atomic E-state index is 0.953. The number of hydrogen-bond donors (Lipinski definition) is 0. The monoisotopic (exact) mass is 233 g/mol. The quantitative estimate of drug-likeness (QED) is 0.707. The molecule has 0 radical (unpaired) electrons. The van der Waals surface area contributed by atoms with E-state index in [1.807, 2.05) is 19.1 Å². The average molecular weight is 233 g/mol. The van der Waals surface area contributed by atoms with Gasteiger partial charge in [0.1, 0.15) is 0 Å². The van der Waals surface area contributed by atoms with E-state index in [-0.39, 0.29) is 0 Å². The van der Waals surface area contributed by atoms with Gasteiger partial charge in [0.2, 0.25) is 0 Å². The summed E-state index contributed by atoms with van der Waals surface area (Å²) >= 11 is 0. The molecular formula is C17H15N. The van der Waals surface area contributed by atoms with E-state index in [1.54, 1.807) is 0 Å². The van der Waals surface area contributed by atoms with Gasteiger partial charge in [-0.2, -0.15) is 0 Å². The van der Waals surface area contributed by atoms with Crippen LogP contribution in [0.15, 0.2) is 49.1 Å². The largest absolute Gasteiger partial charge is 0.253 e. The highest BCUT2D eigenvalue weighted by molar-refractivity contribution is 5.80. The number of rotatable bonds is 1. The van der Waals surface area contributed by atoms with Crippen molar-refractivity contribution in [1.82, 2.24) is 4.98 Å². The van der Waals surface area contributed by atoms with Crippen LogP contribution >= 0.6 is 0 Å². The second-order valence-corrected chi connectivity index (χ2v) is 4.68. The van der Waals surface area contributed by atoms with Gasteiger partial charge in [0.15, 0.2) is 0 Å². The van der Waals surface area contributed by atoms with Crippen molar-refractivity contribution in [3.05, 3.63) is 65.9 Å². The van der Waals surface area contributed by atoms with Gasteiger partial charge in [0.05, 0.1) is 5.69 Å². The summed E-state index contributed by atoms with van der Waals surface area (Å²) in [5, 5.41) is 0. The van der Waals surface area contributed by atoms with Crippen LogP contribution in [0.3, 0.4) is 0 Å². The molecule has 1 heterocycles. The third-order valence-corrected chi connectivity index (χ3v) is 3.28. The first-order valence-corrected chi connectivity index (χ1v) is 6.17. The Kier molecular flexibility index (Phi) is 2.60. The lowest BCUT2D eigenvalue weighted by Gasteiger charge is -2.14. The summed E-state index contributed by atoms with van der Waals surface area (Å²) in [4.78, 5) is 4.56. The lowest BCUT2D eigenvalue weighted by atomic mass is 9.91. The van der Waals surface area contributed by atoms with Crippen molar-refractivity contribution in [2.45, 2.75) is 13.3 Å². The van der Waals surface area contributed by atoms with Gasteiger partial charge < -0.3 is 0 Å². The van der Waals surface area contributed by atoms with E-state index in [1.165, 1.54) is 16.7 Å². The third kappa shape index (κ3) is 1.88. The first-order valence-electron chi connectivity index (χ1n) is 6.17. The van der Waals surface area contributed by atoms with E-state index < -0.39 is 0 Å². The Labute approximate surface area is 108 Å². The molecule has 0 amide bonds. The highest BCUT2D eigenvalue weighted by atomic mass is 14.7. The normalized spacial score (nSPS) is 13.5. The van der Waals surface area contributed by atoms with Crippen molar-refractivity contribution in [2.75, 3.05) is 0 Å². The summed E-state index contributed by atoms with van der Waals surface area (Å²) in [5.74, 6) is 0. The van der Waals surface area contributed by atoms with Crippen LogP contribution in [0.1, 0.15) is 23.2 Å². The molecule has 0 saturated carbocycles. The molecule has 0 aliphatic heterocycles. The molecule has 3 rings (SSSR count). The summed E-state index contributed by atoms with van der Waals surface area (Å²) in [6.45, 7) is 6.12. The average Bonchev–Trinajstić information content (AvgIpc) is 2.39. The van der Waals surface area contributed by atoms with E-state index in [9.17, 15) is 0 Å². The Morgan fingerprint density at radius 1 is 1.17 bits per heavy atom. The number of benzene rings is 1.